The summed E-state index contributed by atoms with van der Waals surface area (Å²) in [5.41, 5.74) is 1.14. The number of para-hydroxylation sites is 1. The van der Waals surface area contributed by atoms with Crippen molar-refractivity contribution in [1.82, 2.24) is 15.1 Å². The minimum absolute atomic E-state index is 0.214. The van der Waals surface area contributed by atoms with Crippen LogP contribution in [0.1, 0.15) is 18.2 Å². The van der Waals surface area contributed by atoms with Crippen molar-refractivity contribution >= 4 is 15.9 Å². The molecule has 0 aliphatic carbocycles. The number of rotatable bonds is 6. The van der Waals surface area contributed by atoms with E-state index in [1.165, 1.54) is 0 Å². The van der Waals surface area contributed by atoms with Crippen molar-refractivity contribution < 1.29 is 4.74 Å². The molecule has 102 valence electrons. The summed E-state index contributed by atoms with van der Waals surface area (Å²) in [6, 6.07) is 10.1. The molecular weight excluding hydrogens is 306 g/mol. The zero-order valence-corrected chi connectivity index (χ0v) is 12.7. The maximum absolute atomic E-state index is 5.73. The van der Waals surface area contributed by atoms with Crippen molar-refractivity contribution in [2.75, 3.05) is 13.7 Å². The molecule has 1 atom stereocenters. The molecule has 0 saturated heterocycles. The lowest BCUT2D eigenvalue weighted by molar-refractivity contribution is 0.286. The molecule has 0 radical (unpaired) electrons. The molecule has 19 heavy (non-hydrogen) atoms. The van der Waals surface area contributed by atoms with Gasteiger partial charge in [0.05, 0.1) is 29.0 Å². The number of ether oxygens (including phenoxy) is 1. The number of aryl methyl sites for hydroxylation is 1. The molecule has 2 aromatic rings. The summed E-state index contributed by atoms with van der Waals surface area (Å²) in [5.74, 6) is 0.904. The molecule has 5 heteroatoms. The van der Waals surface area contributed by atoms with Gasteiger partial charge in [-0.25, -0.2) is 0 Å². The van der Waals surface area contributed by atoms with Crippen LogP contribution in [0.2, 0.25) is 0 Å². The van der Waals surface area contributed by atoms with E-state index in [1.807, 2.05) is 55.3 Å². The van der Waals surface area contributed by atoms with Crippen LogP contribution in [0.25, 0.3) is 0 Å². The van der Waals surface area contributed by atoms with Crippen LogP contribution in [-0.2, 0) is 7.05 Å². The number of hydrogen-bond acceptors (Lipinski definition) is 3. The Morgan fingerprint density at radius 2 is 2.11 bits per heavy atom. The Balaban J connectivity index is 1.94. The molecule has 4 nitrogen and oxygen atoms in total. The average molecular weight is 324 g/mol. The minimum atomic E-state index is 0.214. The minimum Gasteiger partial charge on any atom is -0.494 e. The number of hydrogen-bond donors (Lipinski definition) is 1. The van der Waals surface area contributed by atoms with E-state index in [4.69, 9.17) is 4.74 Å². The SMILES string of the molecule is CNC(CCOc1ccccc1)c1c(Br)cnn1C. The molecule has 1 unspecified atom stereocenters. The van der Waals surface area contributed by atoms with Gasteiger partial charge in [-0.1, -0.05) is 18.2 Å². The zero-order chi connectivity index (χ0) is 13.7. The number of benzene rings is 1. The predicted octanol–water partition coefficient (Wildman–Crippen LogP) is 2.91. The zero-order valence-electron chi connectivity index (χ0n) is 11.1. The molecule has 0 amide bonds. The van der Waals surface area contributed by atoms with E-state index >= 15 is 0 Å². The lowest BCUT2D eigenvalue weighted by Gasteiger charge is -2.17. The highest BCUT2D eigenvalue weighted by Gasteiger charge is 2.17. The first-order chi connectivity index (χ1) is 9.22. The smallest absolute Gasteiger partial charge is 0.119 e. The first-order valence-electron chi connectivity index (χ1n) is 6.25. The van der Waals surface area contributed by atoms with Crippen LogP contribution in [0.3, 0.4) is 0 Å². The van der Waals surface area contributed by atoms with Crippen molar-refractivity contribution in [3.8, 4) is 5.75 Å². The van der Waals surface area contributed by atoms with Gasteiger partial charge in [0.25, 0.3) is 0 Å². The third kappa shape index (κ3) is 3.58. The van der Waals surface area contributed by atoms with Gasteiger partial charge in [-0.05, 0) is 35.1 Å². The summed E-state index contributed by atoms with van der Waals surface area (Å²) in [7, 11) is 3.90. The second-order valence-corrected chi connectivity index (χ2v) is 5.15. The standard InChI is InChI=1S/C14H18BrN3O/c1-16-13(14-12(15)10-17-18(14)2)8-9-19-11-6-4-3-5-7-11/h3-7,10,13,16H,8-9H2,1-2H3. The van der Waals surface area contributed by atoms with E-state index in [-0.39, 0.29) is 6.04 Å². The normalized spacial score (nSPS) is 12.4. The largest absolute Gasteiger partial charge is 0.494 e. The van der Waals surface area contributed by atoms with E-state index in [0.717, 1.165) is 22.3 Å². The van der Waals surface area contributed by atoms with Gasteiger partial charge in [0, 0.05) is 13.5 Å². The Morgan fingerprint density at radius 3 is 2.68 bits per heavy atom. The molecule has 1 N–H and O–H groups in total. The number of aromatic nitrogens is 2. The van der Waals surface area contributed by atoms with Crippen molar-refractivity contribution in [1.29, 1.82) is 0 Å². The van der Waals surface area contributed by atoms with E-state index in [0.29, 0.717) is 6.61 Å². The lowest BCUT2D eigenvalue weighted by atomic mass is 10.1. The van der Waals surface area contributed by atoms with Crippen LogP contribution in [0.15, 0.2) is 41.0 Å². The highest BCUT2D eigenvalue weighted by molar-refractivity contribution is 9.10. The van der Waals surface area contributed by atoms with Crippen molar-refractivity contribution in [2.45, 2.75) is 12.5 Å². The summed E-state index contributed by atoms with van der Waals surface area (Å²) in [5, 5.41) is 7.54. The van der Waals surface area contributed by atoms with Crippen LogP contribution in [0, 0.1) is 0 Å². The third-order valence-electron chi connectivity index (χ3n) is 3.03. The van der Waals surface area contributed by atoms with Crippen molar-refractivity contribution in [3.63, 3.8) is 0 Å². The molecule has 1 aromatic carbocycles. The quantitative estimate of drug-likeness (QED) is 0.888. The Bertz CT molecular complexity index is 493. The first kappa shape index (κ1) is 14.1. The molecule has 0 saturated carbocycles. The first-order valence-corrected chi connectivity index (χ1v) is 7.04. The van der Waals surface area contributed by atoms with Gasteiger partial charge >= 0.3 is 0 Å². The van der Waals surface area contributed by atoms with Gasteiger partial charge in [0.1, 0.15) is 5.75 Å². The van der Waals surface area contributed by atoms with Crippen molar-refractivity contribution in [3.05, 3.63) is 46.7 Å². The second-order valence-electron chi connectivity index (χ2n) is 4.29. The fourth-order valence-corrected chi connectivity index (χ4v) is 2.67. The average Bonchev–Trinajstić information content (AvgIpc) is 2.76. The molecule has 0 spiro atoms. The van der Waals surface area contributed by atoms with E-state index in [1.54, 1.807) is 0 Å². The van der Waals surface area contributed by atoms with Crippen molar-refractivity contribution in [2.24, 2.45) is 7.05 Å². The third-order valence-corrected chi connectivity index (χ3v) is 3.65. The van der Waals surface area contributed by atoms with E-state index in [2.05, 4.69) is 26.3 Å². The summed E-state index contributed by atoms with van der Waals surface area (Å²) >= 11 is 3.53. The predicted molar refractivity (Wildman–Crippen MR) is 79.3 cm³/mol. The van der Waals surface area contributed by atoms with Gasteiger partial charge in [-0.15, -0.1) is 0 Å². The van der Waals surface area contributed by atoms with Gasteiger partial charge in [-0.2, -0.15) is 5.10 Å². The van der Waals surface area contributed by atoms with Crippen LogP contribution >= 0.6 is 15.9 Å². The summed E-state index contributed by atoms with van der Waals surface area (Å²) < 4.78 is 8.64. The molecule has 1 aromatic heterocycles. The van der Waals surface area contributed by atoms with E-state index < -0.39 is 0 Å². The highest BCUT2D eigenvalue weighted by Crippen LogP contribution is 2.24. The second kappa shape index (κ2) is 6.73. The number of nitrogens with one attached hydrogen (secondary N) is 1. The number of halogens is 1. The molecular formula is C14H18BrN3O. The number of nitrogens with zero attached hydrogens (tertiary/aromatic N) is 2. The summed E-state index contributed by atoms with van der Waals surface area (Å²) in [6.45, 7) is 0.660. The molecule has 2 rings (SSSR count). The van der Waals surface area contributed by atoms with Crippen LogP contribution < -0.4 is 10.1 Å². The fourth-order valence-electron chi connectivity index (χ4n) is 2.04. The van der Waals surface area contributed by atoms with Gasteiger partial charge in [-0.3, -0.25) is 4.68 Å². The van der Waals surface area contributed by atoms with E-state index in [9.17, 15) is 0 Å². The molecule has 0 aliphatic heterocycles. The summed E-state index contributed by atoms with van der Waals surface area (Å²) in [4.78, 5) is 0. The molecule has 0 fully saturated rings. The van der Waals surface area contributed by atoms with Crippen LogP contribution in [0.5, 0.6) is 5.75 Å². The van der Waals surface area contributed by atoms with Crippen LogP contribution in [-0.4, -0.2) is 23.4 Å². The maximum atomic E-state index is 5.73. The lowest BCUT2D eigenvalue weighted by Crippen LogP contribution is -2.22. The van der Waals surface area contributed by atoms with Gasteiger partial charge in [0.2, 0.25) is 0 Å². The van der Waals surface area contributed by atoms with Crippen LogP contribution in [0.4, 0.5) is 0 Å². The Hall–Kier alpha value is -1.33. The van der Waals surface area contributed by atoms with Gasteiger partial charge < -0.3 is 10.1 Å². The van der Waals surface area contributed by atoms with Gasteiger partial charge in [0.15, 0.2) is 0 Å². The summed E-state index contributed by atoms with van der Waals surface area (Å²) in [6.07, 6.45) is 2.70. The monoisotopic (exact) mass is 323 g/mol. The molecule has 0 bridgehead atoms. The maximum Gasteiger partial charge on any atom is 0.119 e. The Morgan fingerprint density at radius 1 is 1.37 bits per heavy atom. The fraction of sp³-hybridized carbons (Fsp3) is 0.357. The Kier molecular flexibility index (Phi) is 4.99. The molecule has 1 heterocycles. The topological polar surface area (TPSA) is 39.1 Å². The Labute approximate surface area is 121 Å². The molecule has 0 aliphatic rings. The highest BCUT2D eigenvalue weighted by atomic mass is 79.9.